The van der Waals surface area contributed by atoms with E-state index in [2.05, 4.69) is 210 Å². The van der Waals surface area contributed by atoms with Crippen LogP contribution in [0.1, 0.15) is 131 Å². The van der Waals surface area contributed by atoms with Crippen molar-refractivity contribution < 1.29 is 0 Å². The number of anilines is 6. The molecule has 0 N–H and O–H groups in total. The fourth-order valence-electron chi connectivity index (χ4n) is 11.0. The van der Waals surface area contributed by atoms with E-state index in [1.807, 2.05) is 0 Å². The van der Waals surface area contributed by atoms with E-state index in [9.17, 15) is 0 Å². The average molecular weight is 825 g/mol. The summed E-state index contributed by atoms with van der Waals surface area (Å²) in [4.78, 5) is 5.41. The molecule has 4 heterocycles. The highest BCUT2D eigenvalue weighted by atomic mass is 32.1. The fraction of sp³-hybridized carbons (Fsp3) is 0.418. The molecule has 0 radical (unpaired) electrons. The number of hydrogen-bond acceptors (Lipinski definition) is 3. The monoisotopic (exact) mass is 824 g/mol. The Morgan fingerprint density at radius 3 is 1.78 bits per heavy atom. The average Bonchev–Trinajstić information content (AvgIpc) is 3.53. The molecule has 0 fully saturated rings. The quantitative estimate of drug-likeness (QED) is 0.160. The van der Waals surface area contributed by atoms with Crippen molar-refractivity contribution in [1.82, 2.24) is 0 Å². The summed E-state index contributed by atoms with van der Waals surface area (Å²) in [6.45, 7) is 38.9. The molecule has 1 aromatic heterocycles. The van der Waals surface area contributed by atoms with E-state index < -0.39 is 8.07 Å². The van der Waals surface area contributed by atoms with Gasteiger partial charge in [-0.2, -0.15) is 0 Å². The Bertz CT molecular complexity index is 2810. The first kappa shape index (κ1) is 40.0. The van der Waals surface area contributed by atoms with Crippen LogP contribution in [0, 0.1) is 0 Å². The molecule has 5 aromatic carbocycles. The number of rotatable bonds is 2. The molecule has 0 unspecified atom stereocenters. The molecule has 0 saturated heterocycles. The Balaban J connectivity index is 1.39. The van der Waals surface area contributed by atoms with Crippen LogP contribution in [-0.2, 0) is 27.1 Å². The lowest BCUT2D eigenvalue weighted by Gasteiger charge is -2.47. The van der Waals surface area contributed by atoms with E-state index >= 15 is 0 Å². The Morgan fingerprint density at radius 2 is 1.17 bits per heavy atom. The van der Waals surface area contributed by atoms with Crippen molar-refractivity contribution in [2.75, 3.05) is 9.80 Å². The first-order valence-electron chi connectivity index (χ1n) is 22.6. The maximum Gasteiger partial charge on any atom is 0.264 e. The van der Waals surface area contributed by atoms with Crippen LogP contribution >= 0.6 is 11.3 Å². The van der Waals surface area contributed by atoms with Crippen molar-refractivity contribution >= 4 is 91.2 Å². The minimum atomic E-state index is -1.82. The zero-order valence-electron chi connectivity index (χ0n) is 39.3. The molecule has 0 saturated carbocycles. The number of fused-ring (bicyclic) bond motifs is 9. The molecule has 308 valence electrons. The van der Waals surface area contributed by atoms with Gasteiger partial charge in [-0.15, -0.1) is 11.3 Å². The predicted molar refractivity (Wildman–Crippen MR) is 269 cm³/mol. The molecule has 1 aliphatic carbocycles. The van der Waals surface area contributed by atoms with E-state index in [1.165, 1.54) is 106 Å². The van der Waals surface area contributed by atoms with Gasteiger partial charge in [0.15, 0.2) is 0 Å². The molecule has 60 heavy (non-hydrogen) atoms. The van der Waals surface area contributed by atoms with Crippen LogP contribution in [0.15, 0.2) is 78.9 Å². The van der Waals surface area contributed by atoms with Gasteiger partial charge in [-0.25, -0.2) is 0 Å². The summed E-state index contributed by atoms with van der Waals surface area (Å²) in [5, 5.41) is 2.98. The third kappa shape index (κ3) is 5.69. The van der Waals surface area contributed by atoms with Crippen LogP contribution < -0.4 is 30.7 Å². The topological polar surface area (TPSA) is 6.48 Å². The molecule has 5 heteroatoms. The van der Waals surface area contributed by atoms with Crippen LogP contribution in [0.2, 0.25) is 19.6 Å². The van der Waals surface area contributed by atoms with E-state index in [1.54, 1.807) is 11.1 Å². The molecule has 3 aliphatic heterocycles. The zero-order chi connectivity index (χ0) is 43.0. The second-order valence-electron chi connectivity index (χ2n) is 24.2. The first-order chi connectivity index (χ1) is 27.8. The van der Waals surface area contributed by atoms with Crippen LogP contribution in [0.25, 0.3) is 21.2 Å². The molecular formula is C55H65BN2SSi. The number of nitrogens with zero attached hydrogens (tertiary/aromatic N) is 2. The Hall–Kier alpha value is -4.06. The van der Waals surface area contributed by atoms with Gasteiger partial charge >= 0.3 is 0 Å². The van der Waals surface area contributed by atoms with Gasteiger partial charge in [0.1, 0.15) is 0 Å². The van der Waals surface area contributed by atoms with Gasteiger partial charge in [0.25, 0.3) is 6.71 Å². The van der Waals surface area contributed by atoms with Crippen LogP contribution in [-0.4, -0.2) is 14.8 Å². The fourth-order valence-corrected chi connectivity index (χ4v) is 13.5. The van der Waals surface area contributed by atoms with Crippen molar-refractivity contribution in [2.45, 2.75) is 150 Å². The number of hydrogen-bond donors (Lipinski definition) is 0. The lowest BCUT2D eigenvalue weighted by atomic mass is 9.36. The Kier molecular flexibility index (Phi) is 8.22. The summed E-state index contributed by atoms with van der Waals surface area (Å²) in [6.07, 6.45) is 2.40. The number of benzene rings is 5. The summed E-state index contributed by atoms with van der Waals surface area (Å²) in [5.41, 5.74) is 21.4. The largest absolute Gasteiger partial charge is 0.311 e. The molecule has 0 spiro atoms. The minimum Gasteiger partial charge on any atom is -0.311 e. The third-order valence-corrected chi connectivity index (χ3v) is 18.0. The zero-order valence-corrected chi connectivity index (χ0v) is 41.1. The molecule has 0 atom stereocenters. The summed E-state index contributed by atoms with van der Waals surface area (Å²) in [5.74, 6) is 0. The molecule has 0 bridgehead atoms. The molecule has 4 aliphatic rings. The summed E-state index contributed by atoms with van der Waals surface area (Å²) in [6, 6.07) is 32.4. The van der Waals surface area contributed by atoms with E-state index in [0.717, 1.165) is 0 Å². The standard InChI is InChI=1S/C55H65BN2SSi/c1-51(2,3)32-17-21-35(22-18-32)57-40-24-20-33(52(4,5)6)27-39(40)56-48-42(57)29-36(60(14,15)16)30-43(48)58-41-28-34(53(7,8)9)19-23-37(41)45-46-44(59-50(56)49(46)58)31-38-47(45)55(12,13)26-25-54(38,10)11/h17-24,27-31H,25-26H2,1-16H3. The van der Waals surface area contributed by atoms with E-state index in [0.29, 0.717) is 0 Å². The SMILES string of the molecule is CC(C)(C)c1ccc(N2c3ccc(C(C)(C)C)cc3B3c4sc5cc6c(c7c5c4N(c4cc(C(C)(C)C)ccc4-7)c4cc([Si](C)(C)C)cc2c43)C(C)(C)CCC6(C)C)cc1. The molecule has 0 amide bonds. The molecule has 2 nitrogen and oxygen atoms in total. The maximum atomic E-state index is 2.78. The minimum absolute atomic E-state index is 0.00964. The summed E-state index contributed by atoms with van der Waals surface area (Å²) >= 11 is 2.09. The lowest BCUT2D eigenvalue weighted by molar-refractivity contribution is 0.333. The third-order valence-electron chi connectivity index (χ3n) is 14.8. The predicted octanol–water partition coefficient (Wildman–Crippen LogP) is 13.8. The first-order valence-corrected chi connectivity index (χ1v) is 26.9. The normalized spacial score (nSPS) is 17.4. The molecule has 10 rings (SSSR count). The highest BCUT2D eigenvalue weighted by Crippen LogP contribution is 2.61. The van der Waals surface area contributed by atoms with E-state index in [-0.39, 0.29) is 33.8 Å². The summed E-state index contributed by atoms with van der Waals surface area (Å²) < 4.78 is 2.95. The van der Waals surface area contributed by atoms with Crippen LogP contribution in [0.4, 0.5) is 34.1 Å². The molecular weight excluding hydrogens is 760 g/mol. The van der Waals surface area contributed by atoms with Gasteiger partial charge in [0, 0.05) is 43.2 Å². The van der Waals surface area contributed by atoms with Gasteiger partial charge in [0.2, 0.25) is 0 Å². The van der Waals surface area contributed by atoms with Crippen LogP contribution in [0.3, 0.4) is 0 Å². The van der Waals surface area contributed by atoms with Crippen molar-refractivity contribution in [3.63, 3.8) is 0 Å². The lowest BCUT2D eigenvalue weighted by Crippen LogP contribution is -2.61. The Morgan fingerprint density at radius 1 is 0.600 bits per heavy atom. The Labute approximate surface area is 366 Å². The maximum absolute atomic E-state index is 2.78. The highest BCUT2D eigenvalue weighted by Gasteiger charge is 2.50. The summed E-state index contributed by atoms with van der Waals surface area (Å²) in [7, 11) is -1.82. The highest BCUT2D eigenvalue weighted by molar-refractivity contribution is 7.34. The number of thiophene rings is 1. The van der Waals surface area contributed by atoms with Gasteiger partial charge in [-0.3, -0.25) is 0 Å². The van der Waals surface area contributed by atoms with Gasteiger partial charge in [0.05, 0.1) is 19.4 Å². The van der Waals surface area contributed by atoms with Gasteiger partial charge in [-0.1, -0.05) is 151 Å². The van der Waals surface area contributed by atoms with Crippen molar-refractivity contribution in [1.29, 1.82) is 0 Å². The van der Waals surface area contributed by atoms with Crippen LogP contribution in [0.5, 0.6) is 0 Å². The second-order valence-corrected chi connectivity index (χ2v) is 30.4. The van der Waals surface area contributed by atoms with Gasteiger partial charge < -0.3 is 9.80 Å². The van der Waals surface area contributed by atoms with Crippen molar-refractivity contribution in [2.24, 2.45) is 0 Å². The van der Waals surface area contributed by atoms with Gasteiger partial charge in [-0.05, 0) is 127 Å². The molecule has 6 aromatic rings. The van der Waals surface area contributed by atoms with E-state index in [4.69, 9.17) is 0 Å². The smallest absolute Gasteiger partial charge is 0.264 e. The second kappa shape index (κ2) is 12.3. The van der Waals surface area contributed by atoms with Crippen molar-refractivity contribution in [3.05, 3.63) is 107 Å². The van der Waals surface area contributed by atoms with Crippen molar-refractivity contribution in [3.8, 4) is 11.1 Å².